The van der Waals surface area contributed by atoms with Crippen LogP contribution in [0, 0.1) is 5.92 Å². The van der Waals surface area contributed by atoms with Crippen molar-refractivity contribution in [2.45, 2.75) is 37.5 Å². The zero-order valence-corrected chi connectivity index (χ0v) is 13.0. The van der Waals surface area contributed by atoms with E-state index in [1.165, 1.54) is 5.56 Å². The highest BCUT2D eigenvalue weighted by molar-refractivity contribution is 5.98. The van der Waals surface area contributed by atoms with Crippen LogP contribution in [-0.2, 0) is 14.9 Å². The number of benzene rings is 1. The lowest BCUT2D eigenvalue weighted by atomic mass is 9.76. The zero-order valence-electron chi connectivity index (χ0n) is 13.0. The van der Waals surface area contributed by atoms with Gasteiger partial charge in [0.05, 0.1) is 0 Å². The summed E-state index contributed by atoms with van der Waals surface area (Å²) < 4.78 is 5.57. The summed E-state index contributed by atoms with van der Waals surface area (Å²) in [5.74, 6) is 0.480. The average molecular weight is 297 g/mol. The predicted molar refractivity (Wildman–Crippen MR) is 87.0 cm³/mol. The molecule has 0 N–H and O–H groups in total. The molecule has 4 rings (SSSR count). The third-order valence-corrected chi connectivity index (χ3v) is 5.56. The molecule has 0 radical (unpaired) electrons. The molecule has 2 heterocycles. The van der Waals surface area contributed by atoms with E-state index in [1.54, 1.807) is 0 Å². The molecule has 0 saturated carbocycles. The Morgan fingerprint density at radius 2 is 2.00 bits per heavy atom. The van der Waals surface area contributed by atoms with Crippen LogP contribution in [0.4, 0.5) is 5.69 Å². The number of anilines is 1. The maximum atomic E-state index is 13.0. The summed E-state index contributed by atoms with van der Waals surface area (Å²) in [6.45, 7) is 2.46. The molecule has 116 valence electrons. The highest BCUT2D eigenvalue weighted by atomic mass is 16.5. The van der Waals surface area contributed by atoms with Crippen molar-refractivity contribution in [1.29, 1.82) is 0 Å². The van der Waals surface area contributed by atoms with E-state index in [1.807, 2.05) is 0 Å². The summed E-state index contributed by atoms with van der Waals surface area (Å²) in [5, 5.41) is 0. The number of rotatable bonds is 1. The number of allylic oxidation sites excluding steroid dienone is 2. The van der Waals surface area contributed by atoms with Gasteiger partial charge in [-0.05, 0) is 43.7 Å². The minimum atomic E-state index is 0.120. The Morgan fingerprint density at radius 3 is 2.77 bits per heavy atom. The minimum absolute atomic E-state index is 0.120. The van der Waals surface area contributed by atoms with Crippen molar-refractivity contribution in [3.05, 3.63) is 42.0 Å². The summed E-state index contributed by atoms with van der Waals surface area (Å²) in [4.78, 5) is 15.1. The van der Waals surface area contributed by atoms with Gasteiger partial charge < -0.3 is 9.64 Å². The molecule has 1 saturated heterocycles. The summed E-state index contributed by atoms with van der Waals surface area (Å²) >= 11 is 0. The van der Waals surface area contributed by atoms with Gasteiger partial charge in [0.1, 0.15) is 0 Å². The Morgan fingerprint density at radius 1 is 1.18 bits per heavy atom. The van der Waals surface area contributed by atoms with E-state index in [0.29, 0.717) is 5.91 Å². The number of hydrogen-bond acceptors (Lipinski definition) is 2. The Balaban J connectivity index is 1.67. The fraction of sp³-hybridized carbons (Fsp3) is 0.526. The van der Waals surface area contributed by atoms with Crippen LogP contribution in [0.2, 0.25) is 0 Å². The quantitative estimate of drug-likeness (QED) is 0.743. The molecule has 1 fully saturated rings. The smallest absolute Gasteiger partial charge is 0.230 e. The lowest BCUT2D eigenvalue weighted by Gasteiger charge is -2.34. The number of nitrogens with zero attached hydrogens (tertiary/aromatic N) is 1. The monoisotopic (exact) mass is 297 g/mol. The van der Waals surface area contributed by atoms with E-state index < -0.39 is 0 Å². The first-order valence-corrected chi connectivity index (χ1v) is 8.44. The van der Waals surface area contributed by atoms with E-state index in [9.17, 15) is 4.79 Å². The van der Waals surface area contributed by atoms with E-state index >= 15 is 0 Å². The van der Waals surface area contributed by atoms with Crippen LogP contribution in [0.5, 0.6) is 0 Å². The number of ether oxygens (including phenoxy) is 1. The largest absolute Gasteiger partial charge is 0.381 e. The van der Waals surface area contributed by atoms with Gasteiger partial charge in [0.2, 0.25) is 5.91 Å². The molecule has 1 amide bonds. The van der Waals surface area contributed by atoms with E-state index in [4.69, 9.17) is 4.74 Å². The molecule has 1 aliphatic carbocycles. The number of hydrogen-bond donors (Lipinski definition) is 0. The third-order valence-electron chi connectivity index (χ3n) is 5.56. The normalized spacial score (nSPS) is 26.2. The first kappa shape index (κ1) is 14.0. The summed E-state index contributed by atoms with van der Waals surface area (Å²) in [6.07, 6.45) is 9.33. The number of para-hydroxylation sites is 1. The fourth-order valence-corrected chi connectivity index (χ4v) is 4.25. The first-order chi connectivity index (χ1) is 10.8. The van der Waals surface area contributed by atoms with Gasteiger partial charge in [-0.25, -0.2) is 0 Å². The average Bonchev–Trinajstić information content (AvgIpc) is 2.90. The van der Waals surface area contributed by atoms with Crippen molar-refractivity contribution in [2.24, 2.45) is 5.92 Å². The van der Waals surface area contributed by atoms with E-state index in [0.717, 1.165) is 57.6 Å². The molecule has 3 aliphatic rings. The van der Waals surface area contributed by atoms with E-state index in [-0.39, 0.29) is 11.3 Å². The SMILES string of the molecule is O=C(C1CC=CCC1)N1CC2(CCOCC2)c2ccccc21. The van der Waals surface area contributed by atoms with Crippen LogP contribution in [0.1, 0.15) is 37.7 Å². The molecule has 1 atom stereocenters. The second kappa shape index (κ2) is 5.54. The van der Waals surface area contributed by atoms with Crippen LogP contribution in [0.15, 0.2) is 36.4 Å². The third kappa shape index (κ3) is 2.19. The topological polar surface area (TPSA) is 29.5 Å². The maximum Gasteiger partial charge on any atom is 0.230 e. The maximum absolute atomic E-state index is 13.0. The van der Waals surface area contributed by atoms with Crippen LogP contribution < -0.4 is 4.90 Å². The fourth-order valence-electron chi connectivity index (χ4n) is 4.25. The second-order valence-corrected chi connectivity index (χ2v) is 6.82. The van der Waals surface area contributed by atoms with Gasteiger partial charge in [0, 0.05) is 36.8 Å². The molecule has 22 heavy (non-hydrogen) atoms. The molecule has 3 nitrogen and oxygen atoms in total. The van der Waals surface area contributed by atoms with Crippen molar-refractivity contribution in [3.8, 4) is 0 Å². The summed E-state index contributed by atoms with van der Waals surface area (Å²) in [7, 11) is 0. The van der Waals surface area contributed by atoms with Gasteiger partial charge in [-0.15, -0.1) is 0 Å². The number of amides is 1. The minimum Gasteiger partial charge on any atom is -0.381 e. The summed E-state index contributed by atoms with van der Waals surface area (Å²) in [5.41, 5.74) is 2.62. The Kier molecular flexibility index (Phi) is 3.53. The molecular weight excluding hydrogens is 274 g/mol. The number of carbonyl (C=O) groups is 1. The first-order valence-electron chi connectivity index (χ1n) is 8.44. The Labute approximate surface area is 132 Å². The summed E-state index contributed by atoms with van der Waals surface area (Å²) in [6, 6.07) is 8.50. The Bertz CT molecular complexity index is 601. The molecule has 1 unspecified atom stereocenters. The van der Waals surface area contributed by atoms with Crippen LogP contribution in [0.25, 0.3) is 0 Å². The molecule has 1 aromatic carbocycles. The van der Waals surface area contributed by atoms with Crippen molar-refractivity contribution in [2.75, 3.05) is 24.7 Å². The van der Waals surface area contributed by atoms with Gasteiger partial charge in [0.15, 0.2) is 0 Å². The van der Waals surface area contributed by atoms with Crippen LogP contribution in [-0.4, -0.2) is 25.7 Å². The molecule has 0 bridgehead atoms. The molecule has 3 heteroatoms. The van der Waals surface area contributed by atoms with Gasteiger partial charge >= 0.3 is 0 Å². The van der Waals surface area contributed by atoms with E-state index in [2.05, 4.69) is 41.3 Å². The highest BCUT2D eigenvalue weighted by Gasteiger charge is 2.46. The van der Waals surface area contributed by atoms with Crippen LogP contribution in [0.3, 0.4) is 0 Å². The molecule has 2 aliphatic heterocycles. The second-order valence-electron chi connectivity index (χ2n) is 6.82. The predicted octanol–water partition coefficient (Wildman–Crippen LogP) is 3.44. The lowest BCUT2D eigenvalue weighted by molar-refractivity contribution is -0.122. The van der Waals surface area contributed by atoms with Gasteiger partial charge in [-0.3, -0.25) is 4.79 Å². The number of carbonyl (C=O) groups excluding carboxylic acids is 1. The zero-order chi connectivity index (χ0) is 15.0. The molecular formula is C19H23NO2. The van der Waals surface area contributed by atoms with Crippen molar-refractivity contribution < 1.29 is 9.53 Å². The molecule has 1 spiro atoms. The highest BCUT2D eigenvalue weighted by Crippen LogP contribution is 2.47. The van der Waals surface area contributed by atoms with Gasteiger partial charge in [0.25, 0.3) is 0 Å². The Hall–Kier alpha value is -1.61. The standard InChI is InChI=1S/C19H23NO2/c21-18(15-6-2-1-3-7-15)20-14-19(10-12-22-13-11-19)16-8-4-5-9-17(16)20/h1-2,4-5,8-9,15H,3,6-7,10-14H2. The lowest BCUT2D eigenvalue weighted by Crippen LogP contribution is -2.42. The number of fused-ring (bicyclic) bond motifs is 2. The van der Waals surface area contributed by atoms with Crippen molar-refractivity contribution in [3.63, 3.8) is 0 Å². The van der Waals surface area contributed by atoms with Gasteiger partial charge in [-0.2, -0.15) is 0 Å². The van der Waals surface area contributed by atoms with Crippen molar-refractivity contribution in [1.82, 2.24) is 0 Å². The molecule has 1 aromatic rings. The molecule has 0 aromatic heterocycles. The van der Waals surface area contributed by atoms with Gasteiger partial charge in [-0.1, -0.05) is 30.4 Å². The van der Waals surface area contributed by atoms with Crippen LogP contribution >= 0.6 is 0 Å². The van der Waals surface area contributed by atoms with Crippen molar-refractivity contribution >= 4 is 11.6 Å².